The maximum absolute atomic E-state index is 13.2. The molecule has 0 aliphatic carbocycles. The predicted molar refractivity (Wildman–Crippen MR) is 117 cm³/mol. The van der Waals surface area contributed by atoms with Gasteiger partial charge >= 0.3 is 12.1 Å². The van der Waals surface area contributed by atoms with Crippen LogP contribution in [0.4, 0.5) is 19.0 Å². The topological polar surface area (TPSA) is 89.3 Å². The van der Waals surface area contributed by atoms with E-state index in [1.165, 1.54) is 6.07 Å². The monoisotopic (exact) mass is 482 g/mol. The van der Waals surface area contributed by atoms with Crippen molar-refractivity contribution < 1.29 is 27.1 Å². The molecule has 176 valence electrons. The molecule has 0 spiro atoms. The van der Waals surface area contributed by atoms with Gasteiger partial charge in [0.25, 0.3) is 0 Å². The lowest BCUT2D eigenvalue weighted by Crippen LogP contribution is -2.27. The van der Waals surface area contributed by atoms with E-state index >= 15 is 0 Å². The fourth-order valence-electron chi connectivity index (χ4n) is 2.97. The van der Waals surface area contributed by atoms with Crippen molar-refractivity contribution in [2.75, 3.05) is 25.6 Å². The molecule has 1 amide bonds. The van der Waals surface area contributed by atoms with Crippen molar-refractivity contribution in [2.24, 2.45) is 0 Å². The summed E-state index contributed by atoms with van der Waals surface area (Å²) in [6.45, 7) is 2.50. The van der Waals surface area contributed by atoms with Crippen LogP contribution in [0.15, 0.2) is 47.0 Å². The summed E-state index contributed by atoms with van der Waals surface area (Å²) >= 11 is 5.96. The van der Waals surface area contributed by atoms with Gasteiger partial charge in [0.05, 0.1) is 19.1 Å². The van der Waals surface area contributed by atoms with E-state index in [1.54, 1.807) is 50.6 Å². The molecule has 2 N–H and O–H groups in total. The van der Waals surface area contributed by atoms with Crippen molar-refractivity contribution in [2.45, 2.75) is 25.6 Å². The summed E-state index contributed by atoms with van der Waals surface area (Å²) in [4.78, 5) is 20.5. The van der Waals surface area contributed by atoms with Crippen LogP contribution in [-0.2, 0) is 22.3 Å². The fourth-order valence-corrected chi connectivity index (χ4v) is 3.16. The lowest BCUT2D eigenvalue weighted by atomic mass is 10.0. The number of aromatic nitrogens is 2. The van der Waals surface area contributed by atoms with Gasteiger partial charge in [0, 0.05) is 30.4 Å². The Bertz CT molecular complexity index is 1090. The van der Waals surface area contributed by atoms with Crippen molar-refractivity contribution in [3.05, 3.63) is 64.8 Å². The molecule has 0 bridgehead atoms. The highest BCUT2D eigenvalue weighted by Crippen LogP contribution is 2.34. The zero-order valence-corrected chi connectivity index (χ0v) is 18.6. The van der Waals surface area contributed by atoms with Gasteiger partial charge in [-0.3, -0.25) is 4.79 Å². The average Bonchev–Trinajstić information content (AvgIpc) is 3.22. The summed E-state index contributed by atoms with van der Waals surface area (Å²) in [6.07, 6.45) is -3.21. The van der Waals surface area contributed by atoms with Crippen molar-refractivity contribution in [1.82, 2.24) is 15.3 Å². The molecule has 0 fully saturated rings. The molecule has 1 unspecified atom stereocenters. The van der Waals surface area contributed by atoms with Crippen molar-refractivity contribution in [1.29, 1.82) is 0 Å². The van der Waals surface area contributed by atoms with Gasteiger partial charge in [-0.15, -0.1) is 0 Å². The van der Waals surface area contributed by atoms with Crippen LogP contribution in [0.5, 0.6) is 0 Å². The van der Waals surface area contributed by atoms with E-state index in [0.717, 1.165) is 0 Å². The number of anilines is 1. The number of alkyl halides is 3. The first-order chi connectivity index (χ1) is 15.7. The summed E-state index contributed by atoms with van der Waals surface area (Å²) in [5.74, 6) is -1.88. The molecule has 0 aliphatic heterocycles. The number of pyridine rings is 1. The Morgan fingerprint density at radius 3 is 2.70 bits per heavy atom. The number of carbonyl (C=O) groups excluding carboxylic acids is 1. The van der Waals surface area contributed by atoms with Crippen LogP contribution in [0.2, 0.25) is 5.02 Å². The van der Waals surface area contributed by atoms with Crippen molar-refractivity contribution in [3.8, 4) is 11.3 Å². The van der Waals surface area contributed by atoms with Gasteiger partial charge < -0.3 is 19.8 Å². The quantitative estimate of drug-likeness (QED) is 0.422. The van der Waals surface area contributed by atoms with Gasteiger partial charge in [0.2, 0.25) is 5.91 Å². The van der Waals surface area contributed by atoms with Gasteiger partial charge in [-0.05, 0) is 30.7 Å². The van der Waals surface area contributed by atoms with E-state index in [2.05, 4.69) is 20.6 Å². The number of hydrogen-bond acceptors (Lipinski definition) is 6. The zero-order valence-electron chi connectivity index (χ0n) is 17.9. The molecule has 11 heteroatoms. The highest BCUT2D eigenvalue weighted by Gasteiger charge is 2.38. The number of nitrogens with zero attached hydrogens (tertiary/aromatic N) is 2. The molecular formula is C22H22ClF3N4O3. The summed E-state index contributed by atoms with van der Waals surface area (Å²) in [6, 6.07) is 9.70. The Kier molecular flexibility index (Phi) is 7.93. The van der Waals surface area contributed by atoms with Crippen LogP contribution in [0, 0.1) is 0 Å². The van der Waals surface area contributed by atoms with Crippen LogP contribution in [0.3, 0.4) is 0 Å². The molecule has 33 heavy (non-hydrogen) atoms. The van der Waals surface area contributed by atoms with Crippen LogP contribution in [-0.4, -0.2) is 36.1 Å². The fraction of sp³-hybridized carbons (Fsp3) is 0.318. The smallest absolute Gasteiger partial charge is 0.435 e. The molecule has 3 rings (SSSR count). The van der Waals surface area contributed by atoms with E-state index in [-0.39, 0.29) is 18.0 Å². The average molecular weight is 483 g/mol. The van der Waals surface area contributed by atoms with E-state index in [9.17, 15) is 18.0 Å². The lowest BCUT2D eigenvalue weighted by Gasteiger charge is -2.13. The molecule has 0 radical (unpaired) electrons. The maximum atomic E-state index is 13.2. The Hall–Kier alpha value is -3.11. The molecule has 3 aromatic rings. The number of halogens is 4. The standard InChI is InChI=1S/C22H22ClF3N4O3/c1-13(15-6-7-18(28-11-15)27-8-9-32-2)20(31)29-12-17-19(14-4-3-5-16(23)10-14)30-21(33-17)22(24,25)26/h3-7,10-11,13H,8-9,12H2,1-2H3,(H,27,28)(H,29,31). The Morgan fingerprint density at radius 2 is 2.06 bits per heavy atom. The predicted octanol–water partition coefficient (Wildman–Crippen LogP) is 4.89. The summed E-state index contributed by atoms with van der Waals surface area (Å²) in [5.41, 5.74) is 0.958. The van der Waals surface area contributed by atoms with Gasteiger partial charge in [0.1, 0.15) is 11.5 Å². The zero-order chi connectivity index (χ0) is 24.0. The highest BCUT2D eigenvalue weighted by atomic mass is 35.5. The Labute approximate surface area is 193 Å². The first-order valence-electron chi connectivity index (χ1n) is 9.98. The number of ether oxygens (including phenoxy) is 1. The third-order valence-corrected chi connectivity index (χ3v) is 4.99. The largest absolute Gasteiger partial charge is 0.468 e. The SMILES string of the molecule is COCCNc1ccc(C(C)C(=O)NCc2oc(C(F)(F)F)nc2-c2cccc(Cl)c2)cn1. The second-order valence-electron chi connectivity index (χ2n) is 7.13. The minimum atomic E-state index is -4.77. The number of methoxy groups -OCH3 is 1. The van der Waals surface area contributed by atoms with E-state index in [0.29, 0.717) is 35.1 Å². The first-order valence-corrected chi connectivity index (χ1v) is 10.4. The summed E-state index contributed by atoms with van der Waals surface area (Å²) in [7, 11) is 1.60. The number of carbonyl (C=O) groups is 1. The minimum absolute atomic E-state index is 0.0362. The van der Waals surface area contributed by atoms with Gasteiger partial charge in [0.15, 0.2) is 5.76 Å². The van der Waals surface area contributed by atoms with Crippen LogP contribution >= 0.6 is 11.6 Å². The third kappa shape index (κ3) is 6.45. The number of amides is 1. The summed E-state index contributed by atoms with van der Waals surface area (Å²) in [5, 5.41) is 6.01. The molecule has 0 aliphatic rings. The van der Waals surface area contributed by atoms with Gasteiger partial charge in [-0.2, -0.15) is 13.2 Å². The molecule has 0 saturated carbocycles. The molecule has 0 saturated heterocycles. The molecule has 7 nitrogen and oxygen atoms in total. The number of nitrogens with one attached hydrogen (secondary N) is 2. The number of rotatable bonds is 9. The van der Waals surface area contributed by atoms with E-state index < -0.39 is 23.9 Å². The van der Waals surface area contributed by atoms with Crippen molar-refractivity contribution >= 4 is 23.3 Å². The number of benzene rings is 1. The molecular weight excluding hydrogens is 461 g/mol. The highest BCUT2D eigenvalue weighted by molar-refractivity contribution is 6.30. The Morgan fingerprint density at radius 1 is 1.27 bits per heavy atom. The normalized spacial score (nSPS) is 12.4. The molecule has 1 atom stereocenters. The molecule has 1 aromatic carbocycles. The van der Waals surface area contributed by atoms with Gasteiger partial charge in [-0.1, -0.05) is 29.8 Å². The molecule has 2 aromatic heterocycles. The third-order valence-electron chi connectivity index (χ3n) is 4.75. The number of oxazole rings is 1. The Balaban J connectivity index is 1.72. The lowest BCUT2D eigenvalue weighted by molar-refractivity contribution is -0.157. The van der Waals surface area contributed by atoms with E-state index in [1.807, 2.05) is 0 Å². The second-order valence-corrected chi connectivity index (χ2v) is 7.57. The van der Waals surface area contributed by atoms with Crippen LogP contribution < -0.4 is 10.6 Å². The van der Waals surface area contributed by atoms with E-state index in [4.69, 9.17) is 20.8 Å². The second kappa shape index (κ2) is 10.7. The number of hydrogen-bond donors (Lipinski definition) is 2. The summed E-state index contributed by atoms with van der Waals surface area (Å²) < 4.78 is 49.4. The molecule has 2 heterocycles. The van der Waals surface area contributed by atoms with Crippen molar-refractivity contribution in [3.63, 3.8) is 0 Å². The first kappa shape index (κ1) is 24.5. The van der Waals surface area contributed by atoms with Gasteiger partial charge in [-0.25, -0.2) is 9.97 Å². The van der Waals surface area contributed by atoms with Crippen LogP contribution in [0.25, 0.3) is 11.3 Å². The minimum Gasteiger partial charge on any atom is -0.435 e. The van der Waals surface area contributed by atoms with Crippen LogP contribution in [0.1, 0.15) is 30.1 Å². The maximum Gasteiger partial charge on any atom is 0.468 e.